The quantitative estimate of drug-likeness (QED) is 0.732. The van der Waals surface area contributed by atoms with E-state index in [0.29, 0.717) is 18.0 Å². The highest BCUT2D eigenvalue weighted by Crippen LogP contribution is 2.15. The van der Waals surface area contributed by atoms with Crippen LogP contribution < -0.4 is 10.0 Å². The summed E-state index contributed by atoms with van der Waals surface area (Å²) in [5.41, 5.74) is 0. The SMILES string of the molecule is CC(C)C(NS(=O)(=O)c1ccc(Cl)cc1)C(=O)NCCc1ccco1. The first kappa shape index (κ1) is 19.5. The molecule has 0 saturated heterocycles. The van der Waals surface area contributed by atoms with Crippen LogP contribution in [0.5, 0.6) is 0 Å². The lowest BCUT2D eigenvalue weighted by Crippen LogP contribution is -2.49. The largest absolute Gasteiger partial charge is 0.469 e. The van der Waals surface area contributed by atoms with Gasteiger partial charge < -0.3 is 9.73 Å². The van der Waals surface area contributed by atoms with E-state index in [2.05, 4.69) is 10.0 Å². The number of nitrogens with one attached hydrogen (secondary N) is 2. The first-order chi connectivity index (χ1) is 11.8. The molecule has 8 heteroatoms. The molecular formula is C17H21ClN2O4S. The maximum absolute atomic E-state index is 12.5. The third-order valence-corrected chi connectivity index (χ3v) is 5.31. The van der Waals surface area contributed by atoms with E-state index in [9.17, 15) is 13.2 Å². The summed E-state index contributed by atoms with van der Waals surface area (Å²) in [5, 5.41) is 3.18. The van der Waals surface area contributed by atoms with Gasteiger partial charge in [-0.25, -0.2) is 8.42 Å². The summed E-state index contributed by atoms with van der Waals surface area (Å²) in [4.78, 5) is 12.4. The second-order valence-electron chi connectivity index (χ2n) is 5.92. The molecule has 2 rings (SSSR count). The summed E-state index contributed by atoms with van der Waals surface area (Å²) in [6.45, 7) is 3.92. The van der Waals surface area contributed by atoms with Gasteiger partial charge in [-0.15, -0.1) is 0 Å². The minimum atomic E-state index is -3.82. The molecule has 1 unspecified atom stereocenters. The number of hydrogen-bond acceptors (Lipinski definition) is 4. The van der Waals surface area contributed by atoms with Crippen molar-refractivity contribution in [1.82, 2.24) is 10.0 Å². The molecule has 6 nitrogen and oxygen atoms in total. The third kappa shape index (κ3) is 5.59. The molecule has 1 aromatic heterocycles. The van der Waals surface area contributed by atoms with Crippen LogP contribution in [0.3, 0.4) is 0 Å². The molecule has 1 aromatic carbocycles. The first-order valence-corrected chi connectivity index (χ1v) is 9.73. The number of amides is 1. The Hall–Kier alpha value is -1.83. The molecule has 1 amide bonds. The highest BCUT2D eigenvalue weighted by molar-refractivity contribution is 7.89. The Kier molecular flexibility index (Phi) is 6.64. The van der Waals surface area contributed by atoms with E-state index in [0.717, 1.165) is 5.76 Å². The number of hydrogen-bond donors (Lipinski definition) is 2. The van der Waals surface area contributed by atoms with Crippen molar-refractivity contribution in [3.05, 3.63) is 53.4 Å². The van der Waals surface area contributed by atoms with E-state index >= 15 is 0 Å². The Morgan fingerprint density at radius 2 is 1.88 bits per heavy atom. The van der Waals surface area contributed by atoms with Gasteiger partial charge in [-0.2, -0.15) is 4.72 Å². The number of benzene rings is 1. The highest BCUT2D eigenvalue weighted by atomic mass is 35.5. The van der Waals surface area contributed by atoms with E-state index < -0.39 is 16.1 Å². The minimum Gasteiger partial charge on any atom is -0.469 e. The standard InChI is InChI=1S/C17H21ClN2O4S/c1-12(2)16(17(21)19-10-9-14-4-3-11-24-14)20-25(22,23)15-7-5-13(18)6-8-15/h3-8,11-12,16,20H,9-10H2,1-2H3,(H,19,21). The molecule has 0 aliphatic rings. The Balaban J connectivity index is 2.01. The fourth-order valence-electron chi connectivity index (χ4n) is 2.21. The number of furan rings is 1. The summed E-state index contributed by atoms with van der Waals surface area (Å²) < 4.78 is 32.6. The van der Waals surface area contributed by atoms with Crippen LogP contribution in [-0.4, -0.2) is 26.9 Å². The summed E-state index contributed by atoms with van der Waals surface area (Å²) in [5.74, 6) is 0.160. The van der Waals surface area contributed by atoms with Crippen LogP contribution in [0.15, 0.2) is 52.0 Å². The molecule has 0 saturated carbocycles. The molecule has 25 heavy (non-hydrogen) atoms. The molecule has 136 valence electrons. The average molecular weight is 385 g/mol. The third-order valence-electron chi connectivity index (χ3n) is 3.61. The van der Waals surface area contributed by atoms with Crippen LogP contribution in [0.1, 0.15) is 19.6 Å². The lowest BCUT2D eigenvalue weighted by Gasteiger charge is -2.21. The fourth-order valence-corrected chi connectivity index (χ4v) is 3.68. The summed E-state index contributed by atoms with van der Waals surface area (Å²) in [6, 6.07) is 8.49. The molecular weight excluding hydrogens is 364 g/mol. The van der Waals surface area contributed by atoms with E-state index in [-0.39, 0.29) is 16.7 Å². The van der Waals surface area contributed by atoms with Gasteiger partial charge in [0, 0.05) is 18.0 Å². The van der Waals surface area contributed by atoms with Crippen LogP contribution >= 0.6 is 11.6 Å². The van der Waals surface area contributed by atoms with E-state index in [1.165, 1.54) is 24.3 Å². The fraction of sp³-hybridized carbons (Fsp3) is 0.353. The normalized spacial score (nSPS) is 13.0. The van der Waals surface area contributed by atoms with Crippen LogP contribution in [0.4, 0.5) is 0 Å². The Labute approximate surface area is 152 Å². The Bertz CT molecular complexity index is 787. The van der Waals surface area contributed by atoms with Gasteiger partial charge in [-0.3, -0.25) is 4.79 Å². The second kappa shape index (κ2) is 8.51. The molecule has 0 radical (unpaired) electrons. The molecule has 0 aliphatic carbocycles. The zero-order valence-corrected chi connectivity index (χ0v) is 15.6. The lowest BCUT2D eigenvalue weighted by molar-refractivity contribution is -0.123. The van der Waals surface area contributed by atoms with Gasteiger partial charge in [0.05, 0.1) is 11.2 Å². The topological polar surface area (TPSA) is 88.4 Å². The average Bonchev–Trinajstić information content (AvgIpc) is 3.06. The van der Waals surface area contributed by atoms with Gasteiger partial charge in [0.1, 0.15) is 11.8 Å². The van der Waals surface area contributed by atoms with Crippen molar-refractivity contribution in [1.29, 1.82) is 0 Å². The molecule has 0 bridgehead atoms. The van der Waals surface area contributed by atoms with Gasteiger partial charge >= 0.3 is 0 Å². The molecule has 0 spiro atoms. The summed E-state index contributed by atoms with van der Waals surface area (Å²) in [7, 11) is -3.82. The Morgan fingerprint density at radius 3 is 2.44 bits per heavy atom. The molecule has 1 atom stereocenters. The van der Waals surface area contributed by atoms with Crippen molar-refractivity contribution in [3.8, 4) is 0 Å². The van der Waals surface area contributed by atoms with Gasteiger partial charge in [0.25, 0.3) is 0 Å². The van der Waals surface area contributed by atoms with E-state index in [1.54, 1.807) is 26.2 Å². The van der Waals surface area contributed by atoms with E-state index in [4.69, 9.17) is 16.0 Å². The number of carbonyl (C=O) groups excluding carboxylic acids is 1. The summed E-state index contributed by atoms with van der Waals surface area (Å²) >= 11 is 5.78. The summed E-state index contributed by atoms with van der Waals surface area (Å²) in [6.07, 6.45) is 2.10. The zero-order valence-electron chi connectivity index (χ0n) is 14.0. The van der Waals surface area contributed by atoms with Crippen LogP contribution in [0.25, 0.3) is 0 Å². The minimum absolute atomic E-state index is 0.0611. The van der Waals surface area contributed by atoms with Crippen molar-refractivity contribution in [2.75, 3.05) is 6.54 Å². The number of carbonyl (C=O) groups is 1. The molecule has 2 N–H and O–H groups in total. The predicted octanol–water partition coefficient (Wildman–Crippen LogP) is 2.59. The van der Waals surface area contributed by atoms with Crippen LogP contribution in [-0.2, 0) is 21.2 Å². The molecule has 1 heterocycles. The van der Waals surface area contributed by atoms with Gasteiger partial charge in [-0.1, -0.05) is 25.4 Å². The molecule has 0 fully saturated rings. The van der Waals surface area contributed by atoms with E-state index in [1.807, 2.05) is 6.07 Å². The van der Waals surface area contributed by atoms with Gasteiger partial charge in [-0.05, 0) is 42.3 Å². The molecule has 0 aliphatic heterocycles. The number of rotatable bonds is 8. The van der Waals surface area contributed by atoms with Crippen molar-refractivity contribution >= 4 is 27.5 Å². The maximum atomic E-state index is 12.5. The van der Waals surface area contributed by atoms with Crippen LogP contribution in [0, 0.1) is 5.92 Å². The highest BCUT2D eigenvalue weighted by Gasteiger charge is 2.28. The second-order valence-corrected chi connectivity index (χ2v) is 8.07. The van der Waals surface area contributed by atoms with Gasteiger partial charge in [0.2, 0.25) is 15.9 Å². The maximum Gasteiger partial charge on any atom is 0.241 e. The van der Waals surface area contributed by atoms with Crippen molar-refractivity contribution in [2.24, 2.45) is 5.92 Å². The zero-order chi connectivity index (χ0) is 18.4. The van der Waals surface area contributed by atoms with Crippen molar-refractivity contribution < 1.29 is 17.6 Å². The van der Waals surface area contributed by atoms with Gasteiger partial charge in [0.15, 0.2) is 0 Å². The Morgan fingerprint density at radius 1 is 1.20 bits per heavy atom. The monoisotopic (exact) mass is 384 g/mol. The predicted molar refractivity (Wildman–Crippen MR) is 95.8 cm³/mol. The van der Waals surface area contributed by atoms with Crippen molar-refractivity contribution in [3.63, 3.8) is 0 Å². The first-order valence-electron chi connectivity index (χ1n) is 7.87. The number of sulfonamides is 1. The van der Waals surface area contributed by atoms with Crippen LogP contribution in [0.2, 0.25) is 5.02 Å². The lowest BCUT2D eigenvalue weighted by atomic mass is 10.1. The smallest absolute Gasteiger partial charge is 0.241 e. The van der Waals surface area contributed by atoms with Crippen molar-refractivity contribution in [2.45, 2.75) is 31.2 Å². The molecule has 2 aromatic rings. The number of halogens is 1.